The average Bonchev–Trinajstić information content (AvgIpc) is 3.43. The number of ketones is 1. The lowest BCUT2D eigenvalue weighted by molar-refractivity contribution is -0.162. The molecular formula is C26H23FN4O4S. The topological polar surface area (TPSA) is 120 Å². The summed E-state index contributed by atoms with van der Waals surface area (Å²) >= 11 is 0. The van der Waals surface area contributed by atoms with Gasteiger partial charge < -0.3 is 10.2 Å². The van der Waals surface area contributed by atoms with Crippen molar-refractivity contribution in [1.82, 2.24) is 4.90 Å². The van der Waals surface area contributed by atoms with Crippen molar-refractivity contribution in [2.75, 3.05) is 5.32 Å². The molecule has 2 aromatic rings. The fraction of sp³-hybridized carbons (Fsp3) is 0.385. The van der Waals surface area contributed by atoms with Crippen LogP contribution in [-0.4, -0.2) is 36.4 Å². The average molecular weight is 507 g/mol. The highest BCUT2D eigenvalue weighted by atomic mass is 32.2. The third kappa shape index (κ3) is 3.15. The zero-order valence-corrected chi connectivity index (χ0v) is 20.3. The Labute approximate surface area is 207 Å². The second-order valence-corrected chi connectivity index (χ2v) is 11.8. The van der Waals surface area contributed by atoms with Crippen molar-refractivity contribution >= 4 is 33.2 Å². The highest BCUT2D eigenvalue weighted by Gasteiger charge is 2.67. The highest BCUT2D eigenvalue weighted by Crippen LogP contribution is 2.60. The Morgan fingerprint density at radius 3 is 2.67 bits per heavy atom. The highest BCUT2D eigenvalue weighted by molar-refractivity contribution is 7.90. The molecule has 2 aliphatic carbocycles. The molecule has 8 nitrogen and oxygen atoms in total. The molecule has 2 heterocycles. The first kappa shape index (κ1) is 22.9. The molecule has 0 aromatic heterocycles. The van der Waals surface area contributed by atoms with Gasteiger partial charge in [-0.25, -0.2) is 4.39 Å². The molecule has 5 unspecified atom stereocenters. The van der Waals surface area contributed by atoms with E-state index < -0.39 is 33.3 Å². The number of fused-ring (bicyclic) bond motifs is 6. The Morgan fingerprint density at radius 1 is 1.19 bits per heavy atom. The molecule has 0 radical (unpaired) electrons. The van der Waals surface area contributed by atoms with Gasteiger partial charge in [-0.3, -0.25) is 9.59 Å². The van der Waals surface area contributed by atoms with E-state index in [9.17, 15) is 22.4 Å². The van der Waals surface area contributed by atoms with Gasteiger partial charge in [0, 0.05) is 12.5 Å². The predicted molar refractivity (Wildman–Crippen MR) is 128 cm³/mol. The molecule has 1 amide bonds. The van der Waals surface area contributed by atoms with Gasteiger partial charge in [-0.05, 0) is 73.9 Å². The molecular weight excluding hydrogens is 483 g/mol. The van der Waals surface area contributed by atoms with Crippen LogP contribution in [0.2, 0.25) is 0 Å². The molecule has 1 N–H and O–H groups in total. The van der Waals surface area contributed by atoms with E-state index in [1.54, 1.807) is 17.0 Å². The molecule has 2 bridgehead atoms. The number of anilines is 1. The number of sulfonamides is 1. The molecule has 10 heteroatoms. The SMILES string of the molecule is CC12C3CCC(C3)C1C(=O)C(C1=NS(=O)(=O)c3cc(C#N)ccc3N1)C(=O)N2Cc1ccc(F)cc1. The van der Waals surface area contributed by atoms with Crippen LogP contribution in [0.1, 0.15) is 37.3 Å². The van der Waals surface area contributed by atoms with E-state index in [-0.39, 0.29) is 52.0 Å². The molecule has 0 spiro atoms. The maximum atomic E-state index is 14.0. The summed E-state index contributed by atoms with van der Waals surface area (Å²) in [7, 11) is -4.24. The molecule has 2 aromatic carbocycles. The Hall–Kier alpha value is -3.58. The lowest BCUT2D eigenvalue weighted by atomic mass is 9.65. The number of carbonyl (C=O) groups is 2. The third-order valence-corrected chi connectivity index (χ3v) is 9.81. The lowest BCUT2D eigenvalue weighted by Crippen LogP contribution is -2.67. The summed E-state index contributed by atoms with van der Waals surface area (Å²) in [5.41, 5.74) is 0.355. The van der Waals surface area contributed by atoms with Crippen molar-refractivity contribution in [2.45, 2.75) is 43.2 Å². The van der Waals surface area contributed by atoms with Gasteiger partial charge in [-0.15, -0.1) is 4.40 Å². The number of amides is 1. The van der Waals surface area contributed by atoms with Gasteiger partial charge in [0.1, 0.15) is 16.5 Å². The maximum Gasteiger partial charge on any atom is 0.286 e. The molecule has 184 valence electrons. The van der Waals surface area contributed by atoms with Gasteiger partial charge in [0.25, 0.3) is 10.0 Å². The van der Waals surface area contributed by atoms with Crippen LogP contribution in [-0.2, 0) is 26.2 Å². The lowest BCUT2D eigenvalue weighted by Gasteiger charge is -2.53. The standard InChI is InChI=1S/C26H23FN4O4S/c1-26-17-6-5-16(11-17)22(26)23(32)21(25(33)31(26)13-14-2-7-18(27)8-3-14)24-29-19-9-4-15(12-28)10-20(19)36(34,35)30-24/h2-4,7-10,16-17,21-22H,5-6,11,13H2,1H3,(H,29,30). The largest absolute Gasteiger partial charge is 0.341 e. The summed E-state index contributed by atoms with van der Waals surface area (Å²) in [5, 5.41) is 12.1. The van der Waals surface area contributed by atoms with Crippen LogP contribution in [0, 0.1) is 40.8 Å². The van der Waals surface area contributed by atoms with Gasteiger partial charge >= 0.3 is 0 Å². The van der Waals surface area contributed by atoms with Crippen molar-refractivity contribution in [2.24, 2.45) is 28.1 Å². The molecule has 3 fully saturated rings. The van der Waals surface area contributed by atoms with Crippen molar-refractivity contribution in [3.63, 3.8) is 0 Å². The van der Waals surface area contributed by atoms with E-state index in [4.69, 9.17) is 5.26 Å². The number of likely N-dealkylation sites (tertiary alicyclic amines) is 1. The minimum absolute atomic E-state index is 0.116. The van der Waals surface area contributed by atoms with Crippen molar-refractivity contribution in [1.29, 1.82) is 5.26 Å². The molecule has 5 atom stereocenters. The molecule has 4 aliphatic rings. The number of nitriles is 1. The van der Waals surface area contributed by atoms with Gasteiger partial charge in [0.05, 0.1) is 22.9 Å². The first-order valence-electron chi connectivity index (χ1n) is 11.9. The number of hydrogen-bond donors (Lipinski definition) is 1. The number of Topliss-reactive ketones (excluding diaryl/α,β-unsaturated/α-hetero) is 1. The number of halogens is 1. The van der Waals surface area contributed by atoms with Crippen LogP contribution in [0.25, 0.3) is 0 Å². The molecule has 1 saturated heterocycles. The monoisotopic (exact) mass is 506 g/mol. The Morgan fingerprint density at radius 2 is 1.94 bits per heavy atom. The number of rotatable bonds is 3. The summed E-state index contributed by atoms with van der Waals surface area (Å²) in [6, 6.07) is 11.9. The number of nitrogens with zero attached hydrogens (tertiary/aromatic N) is 3. The van der Waals surface area contributed by atoms with E-state index in [0.29, 0.717) is 0 Å². The number of carbonyl (C=O) groups excluding carboxylic acids is 2. The van der Waals surface area contributed by atoms with E-state index in [1.807, 2.05) is 13.0 Å². The van der Waals surface area contributed by atoms with Crippen LogP contribution >= 0.6 is 0 Å². The van der Waals surface area contributed by atoms with Crippen LogP contribution < -0.4 is 5.32 Å². The van der Waals surface area contributed by atoms with E-state index in [1.165, 1.54) is 30.3 Å². The fourth-order valence-electron chi connectivity index (χ4n) is 6.83. The van der Waals surface area contributed by atoms with Crippen molar-refractivity contribution in [3.05, 3.63) is 59.4 Å². The van der Waals surface area contributed by atoms with Gasteiger partial charge in [-0.1, -0.05) is 12.1 Å². The molecule has 36 heavy (non-hydrogen) atoms. The number of piperidine rings is 1. The minimum atomic E-state index is -4.24. The number of hydrogen-bond acceptors (Lipinski definition) is 6. The minimum Gasteiger partial charge on any atom is -0.341 e. The second kappa shape index (κ2) is 7.71. The van der Waals surface area contributed by atoms with E-state index in [2.05, 4.69) is 9.71 Å². The normalized spacial score (nSPS) is 31.8. The molecule has 2 saturated carbocycles. The van der Waals surface area contributed by atoms with Crippen molar-refractivity contribution in [3.8, 4) is 6.07 Å². The summed E-state index contributed by atoms with van der Waals surface area (Å²) in [4.78, 5) is 29.5. The Kier molecular flexibility index (Phi) is 4.89. The quantitative estimate of drug-likeness (QED) is 0.639. The van der Waals surface area contributed by atoms with Gasteiger partial charge in [0.15, 0.2) is 11.7 Å². The molecule has 6 rings (SSSR count). The predicted octanol–water partition coefficient (Wildman–Crippen LogP) is 3.24. The summed E-state index contributed by atoms with van der Waals surface area (Å²) in [6.45, 7) is 2.14. The number of amidine groups is 1. The number of nitrogens with one attached hydrogen (secondary N) is 1. The number of benzene rings is 2. The van der Waals surface area contributed by atoms with Crippen molar-refractivity contribution < 1.29 is 22.4 Å². The first-order chi connectivity index (χ1) is 17.1. The smallest absolute Gasteiger partial charge is 0.286 e. The summed E-state index contributed by atoms with van der Waals surface area (Å²) in [5.74, 6) is -2.95. The van der Waals surface area contributed by atoms with Gasteiger partial charge in [0.2, 0.25) is 5.91 Å². The van der Waals surface area contributed by atoms with Crippen LogP contribution in [0.4, 0.5) is 10.1 Å². The summed E-state index contributed by atoms with van der Waals surface area (Å²) in [6.07, 6.45) is 2.65. The molecule has 2 aliphatic heterocycles. The van der Waals surface area contributed by atoms with E-state index in [0.717, 1.165) is 24.8 Å². The third-order valence-electron chi connectivity index (χ3n) is 8.48. The zero-order chi connectivity index (χ0) is 25.4. The Balaban J connectivity index is 1.44. The van der Waals surface area contributed by atoms with Crippen LogP contribution in [0.3, 0.4) is 0 Å². The second-order valence-electron chi connectivity index (χ2n) is 10.3. The fourth-order valence-corrected chi connectivity index (χ4v) is 8.01. The maximum absolute atomic E-state index is 14.0. The van der Waals surface area contributed by atoms with Gasteiger partial charge in [-0.2, -0.15) is 13.7 Å². The summed E-state index contributed by atoms with van der Waals surface area (Å²) < 4.78 is 43.4. The van der Waals surface area contributed by atoms with E-state index >= 15 is 0 Å². The zero-order valence-electron chi connectivity index (χ0n) is 19.4. The van der Waals surface area contributed by atoms with Crippen LogP contribution in [0.15, 0.2) is 51.8 Å². The first-order valence-corrected chi connectivity index (χ1v) is 13.3. The van der Waals surface area contributed by atoms with Crippen LogP contribution in [0.5, 0.6) is 0 Å². The Bertz CT molecular complexity index is 1500.